The van der Waals surface area contributed by atoms with Gasteiger partial charge in [-0.3, -0.25) is 14.7 Å². The quantitative estimate of drug-likeness (QED) is 0.406. The van der Waals surface area contributed by atoms with Crippen molar-refractivity contribution >= 4 is 28.4 Å². The van der Waals surface area contributed by atoms with Gasteiger partial charge in [-0.05, 0) is 42.2 Å². The molecule has 36 heavy (non-hydrogen) atoms. The van der Waals surface area contributed by atoms with E-state index in [0.717, 1.165) is 12.1 Å². The summed E-state index contributed by atoms with van der Waals surface area (Å²) < 4.78 is 53.7. The van der Waals surface area contributed by atoms with Crippen molar-refractivity contribution in [2.45, 2.75) is 45.7 Å². The Hall–Kier alpha value is -3.69. The molecule has 0 radical (unpaired) electrons. The number of alkyl halides is 3. The van der Waals surface area contributed by atoms with Crippen molar-refractivity contribution < 1.29 is 27.2 Å². The topological polar surface area (TPSA) is 78.1 Å². The third kappa shape index (κ3) is 5.27. The Bertz CT molecular complexity index is 1330. The zero-order valence-electron chi connectivity index (χ0n) is 20.0. The third-order valence-electron chi connectivity index (χ3n) is 6.31. The van der Waals surface area contributed by atoms with Gasteiger partial charge in [-0.15, -0.1) is 0 Å². The number of hydrogen-bond donors (Lipinski definition) is 2. The van der Waals surface area contributed by atoms with Crippen LogP contribution in [0, 0.1) is 11.7 Å². The smallest absolute Gasteiger partial charge is 0.323 e. The minimum atomic E-state index is -4.48. The lowest BCUT2D eigenvalue weighted by Crippen LogP contribution is -2.39. The Kier molecular flexibility index (Phi) is 6.88. The number of benzene rings is 2. The number of fused-ring (bicyclic) bond motifs is 1. The van der Waals surface area contributed by atoms with Crippen molar-refractivity contribution in [2.75, 3.05) is 11.9 Å². The van der Waals surface area contributed by atoms with Crippen LogP contribution in [0.15, 0.2) is 53.9 Å². The van der Waals surface area contributed by atoms with E-state index in [2.05, 4.69) is 15.5 Å². The summed E-state index contributed by atoms with van der Waals surface area (Å²) in [4.78, 5) is 27.6. The normalized spacial score (nSPS) is 16.8. The summed E-state index contributed by atoms with van der Waals surface area (Å²) in [5, 5.41) is 9.71. The number of aromatic nitrogens is 2. The van der Waals surface area contributed by atoms with Crippen LogP contribution in [0.1, 0.15) is 50.7 Å². The molecule has 0 saturated carbocycles. The molecule has 4 rings (SSSR count). The number of hydrogen-bond acceptors (Lipinski definition) is 3. The van der Waals surface area contributed by atoms with E-state index in [1.54, 1.807) is 11.8 Å². The van der Waals surface area contributed by atoms with Crippen molar-refractivity contribution in [3.63, 3.8) is 0 Å². The molecule has 1 aromatic heterocycles. The van der Waals surface area contributed by atoms with Crippen molar-refractivity contribution in [1.29, 1.82) is 0 Å². The molecule has 2 aromatic carbocycles. The highest BCUT2D eigenvalue weighted by atomic mass is 19.4. The van der Waals surface area contributed by atoms with Gasteiger partial charge in [0.1, 0.15) is 5.82 Å². The van der Waals surface area contributed by atoms with E-state index in [1.807, 2.05) is 13.8 Å². The second-order valence-corrected chi connectivity index (χ2v) is 9.40. The Balaban J connectivity index is 1.66. The van der Waals surface area contributed by atoms with E-state index in [1.165, 1.54) is 30.5 Å². The van der Waals surface area contributed by atoms with Gasteiger partial charge in [-0.2, -0.15) is 18.3 Å². The van der Waals surface area contributed by atoms with Gasteiger partial charge in [-0.1, -0.05) is 26.0 Å². The molecule has 0 fully saturated rings. The highest BCUT2D eigenvalue weighted by molar-refractivity contribution is 5.95. The summed E-state index contributed by atoms with van der Waals surface area (Å²) in [5.74, 6) is -1.70. The van der Waals surface area contributed by atoms with Crippen molar-refractivity contribution in [2.24, 2.45) is 5.92 Å². The lowest BCUT2D eigenvalue weighted by atomic mass is 9.81. The maximum absolute atomic E-state index is 14.5. The molecule has 0 saturated heterocycles. The van der Waals surface area contributed by atoms with Gasteiger partial charge in [0.05, 0.1) is 29.4 Å². The number of allylic oxidation sites excluding steroid dienone is 1. The molecule has 1 unspecified atom stereocenters. The molecule has 190 valence electrons. The maximum Gasteiger partial charge on any atom is 0.416 e. The van der Waals surface area contributed by atoms with E-state index in [-0.39, 0.29) is 30.4 Å². The van der Waals surface area contributed by atoms with Crippen LogP contribution >= 0.6 is 0 Å². The fraction of sp³-hybridized carbons (Fsp3) is 0.346. The average Bonchev–Trinajstić information content (AvgIpc) is 3.25. The minimum absolute atomic E-state index is 0.0100. The van der Waals surface area contributed by atoms with Crippen LogP contribution in [0.25, 0.3) is 10.9 Å². The van der Waals surface area contributed by atoms with Crippen LogP contribution in [-0.4, -0.2) is 33.5 Å². The SMILES string of the molecule is CC1=C(CC(=O)Nc2cc3cn[nH]c3cc2F)C(c2ccc(C(F)(F)F)cc2)CC(=O)N1CC(C)C. The molecule has 2 amide bonds. The largest absolute Gasteiger partial charge is 0.416 e. The molecule has 1 atom stereocenters. The number of halogens is 4. The van der Waals surface area contributed by atoms with E-state index in [0.29, 0.717) is 34.3 Å². The zero-order valence-corrected chi connectivity index (χ0v) is 20.0. The molecule has 2 heterocycles. The van der Waals surface area contributed by atoms with Crippen LogP contribution in [0.5, 0.6) is 0 Å². The fourth-order valence-corrected chi connectivity index (χ4v) is 4.53. The van der Waals surface area contributed by atoms with E-state index in [4.69, 9.17) is 0 Å². The molecule has 6 nitrogen and oxygen atoms in total. The van der Waals surface area contributed by atoms with Gasteiger partial charge in [0.25, 0.3) is 0 Å². The van der Waals surface area contributed by atoms with Crippen LogP contribution in [0.2, 0.25) is 0 Å². The monoisotopic (exact) mass is 502 g/mol. The molecule has 0 aliphatic carbocycles. The Morgan fingerprint density at radius 3 is 2.56 bits per heavy atom. The lowest BCUT2D eigenvalue weighted by Gasteiger charge is -2.36. The molecule has 2 N–H and O–H groups in total. The number of nitrogens with one attached hydrogen (secondary N) is 2. The predicted octanol–water partition coefficient (Wildman–Crippen LogP) is 6.00. The Labute approximate surface area is 205 Å². The number of anilines is 1. The average molecular weight is 503 g/mol. The highest BCUT2D eigenvalue weighted by Crippen LogP contribution is 2.40. The van der Waals surface area contributed by atoms with Crippen LogP contribution in [0.4, 0.5) is 23.2 Å². The third-order valence-corrected chi connectivity index (χ3v) is 6.31. The Morgan fingerprint density at radius 1 is 1.22 bits per heavy atom. The second-order valence-electron chi connectivity index (χ2n) is 9.40. The molecule has 0 bridgehead atoms. The first kappa shape index (κ1) is 25.4. The standard InChI is InChI=1S/C26H26F4N4O2/c1-14(2)13-34-15(3)19(9-24(35)32-23-8-17-12-31-33-22(17)11-21(23)27)20(10-25(34)36)16-4-6-18(7-5-16)26(28,29)30/h4-8,11-12,14,20H,9-10,13H2,1-3H3,(H,31,33)(H,32,35). The van der Waals surface area contributed by atoms with E-state index in [9.17, 15) is 27.2 Å². The summed E-state index contributed by atoms with van der Waals surface area (Å²) in [6, 6.07) is 7.34. The fourth-order valence-electron chi connectivity index (χ4n) is 4.53. The first-order valence-electron chi connectivity index (χ1n) is 11.5. The summed E-state index contributed by atoms with van der Waals surface area (Å²) >= 11 is 0. The van der Waals surface area contributed by atoms with Crippen LogP contribution in [0.3, 0.4) is 0 Å². The van der Waals surface area contributed by atoms with Crippen LogP contribution in [-0.2, 0) is 15.8 Å². The zero-order chi connectivity index (χ0) is 26.2. The van der Waals surface area contributed by atoms with Crippen LogP contribution < -0.4 is 5.32 Å². The number of amides is 2. The molecular formula is C26H26F4N4O2. The highest BCUT2D eigenvalue weighted by Gasteiger charge is 2.35. The summed E-state index contributed by atoms with van der Waals surface area (Å²) in [5.41, 5.74) is 1.39. The first-order valence-corrected chi connectivity index (χ1v) is 11.5. The van der Waals surface area contributed by atoms with E-state index < -0.39 is 29.4 Å². The van der Waals surface area contributed by atoms with Gasteiger partial charge in [0.15, 0.2) is 0 Å². The summed E-state index contributed by atoms with van der Waals surface area (Å²) in [6.45, 7) is 6.10. The Morgan fingerprint density at radius 2 is 1.92 bits per heavy atom. The molecular weight excluding hydrogens is 476 g/mol. The summed E-state index contributed by atoms with van der Waals surface area (Å²) in [6.07, 6.45) is -3.10. The van der Waals surface area contributed by atoms with Crippen molar-refractivity contribution in [1.82, 2.24) is 15.1 Å². The van der Waals surface area contributed by atoms with Gasteiger partial charge in [-0.25, -0.2) is 4.39 Å². The molecule has 3 aromatic rings. The van der Waals surface area contributed by atoms with Gasteiger partial charge < -0.3 is 10.2 Å². The molecule has 0 spiro atoms. The summed E-state index contributed by atoms with van der Waals surface area (Å²) in [7, 11) is 0. The lowest BCUT2D eigenvalue weighted by molar-refractivity contribution is -0.137. The van der Waals surface area contributed by atoms with Crippen molar-refractivity contribution in [3.8, 4) is 0 Å². The number of H-pyrrole nitrogens is 1. The number of aromatic amines is 1. The van der Waals surface area contributed by atoms with Crippen molar-refractivity contribution in [3.05, 3.63) is 70.8 Å². The number of carbonyl (C=O) groups excluding carboxylic acids is 2. The minimum Gasteiger partial charge on any atom is -0.323 e. The van der Waals surface area contributed by atoms with Gasteiger partial charge in [0.2, 0.25) is 11.8 Å². The number of rotatable bonds is 6. The van der Waals surface area contributed by atoms with E-state index >= 15 is 0 Å². The van der Waals surface area contributed by atoms with Gasteiger partial charge in [0, 0.05) is 36.0 Å². The number of carbonyl (C=O) groups is 2. The molecule has 1 aliphatic heterocycles. The molecule has 10 heteroatoms. The number of nitrogens with zero attached hydrogens (tertiary/aromatic N) is 2. The molecule has 1 aliphatic rings. The van der Waals surface area contributed by atoms with Gasteiger partial charge >= 0.3 is 6.18 Å². The predicted molar refractivity (Wildman–Crippen MR) is 127 cm³/mol. The first-order chi connectivity index (χ1) is 16.9. The maximum atomic E-state index is 14.5. The second kappa shape index (κ2) is 9.75.